The first-order valence-corrected chi connectivity index (χ1v) is 9.92. The Morgan fingerprint density at radius 2 is 2.16 bits per heavy atom. The van der Waals surface area contributed by atoms with E-state index in [1.807, 2.05) is 0 Å². The van der Waals surface area contributed by atoms with E-state index in [4.69, 9.17) is 20.8 Å². The molecule has 0 spiro atoms. The molecule has 0 unspecified atom stereocenters. The number of carbonyl (C=O) groups excluding carboxylic acids is 2. The number of nitrogens with zero attached hydrogens (tertiary/aromatic N) is 3. The van der Waals surface area contributed by atoms with Gasteiger partial charge in [0.05, 0.1) is 23.7 Å². The Morgan fingerprint density at radius 1 is 1.31 bits per heavy atom. The Labute approximate surface area is 186 Å². The van der Waals surface area contributed by atoms with Crippen LogP contribution < -0.4 is 10.1 Å². The highest BCUT2D eigenvalue weighted by Gasteiger charge is 2.30. The van der Waals surface area contributed by atoms with E-state index in [1.165, 1.54) is 24.9 Å². The highest BCUT2D eigenvalue weighted by atomic mass is 35.5. The molecule has 0 atom stereocenters. The van der Waals surface area contributed by atoms with Crippen molar-refractivity contribution in [3.8, 4) is 5.75 Å². The zero-order chi connectivity index (χ0) is 22.7. The van der Waals surface area contributed by atoms with Gasteiger partial charge in [0.1, 0.15) is 24.4 Å². The van der Waals surface area contributed by atoms with Gasteiger partial charge in [0.15, 0.2) is 6.39 Å². The lowest BCUT2D eigenvalue weighted by atomic mass is 10.1. The summed E-state index contributed by atoms with van der Waals surface area (Å²) in [6.07, 6.45) is 1.48. The molecule has 1 aromatic carbocycles. The van der Waals surface area contributed by atoms with E-state index in [-0.39, 0.29) is 42.1 Å². The number of nitrogens with one attached hydrogen (secondary N) is 1. The molecule has 0 aliphatic carbocycles. The van der Waals surface area contributed by atoms with Crippen LogP contribution in [0.1, 0.15) is 27.2 Å². The molecule has 1 aliphatic heterocycles. The maximum Gasteiger partial charge on any atom is 0.272 e. The fraction of sp³-hybridized carbons (Fsp3) is 0.238. The van der Waals surface area contributed by atoms with Crippen LogP contribution in [-0.4, -0.2) is 39.7 Å². The second kappa shape index (κ2) is 9.31. The molecule has 11 heteroatoms. The van der Waals surface area contributed by atoms with Crippen LogP contribution in [-0.2, 0) is 24.3 Å². The number of amides is 2. The summed E-state index contributed by atoms with van der Waals surface area (Å²) in [5.41, 5.74) is 2.23. The molecular formula is C21H17ClF2N4O4. The molecule has 3 aromatic rings. The monoisotopic (exact) mass is 462 g/mol. The van der Waals surface area contributed by atoms with Gasteiger partial charge >= 0.3 is 0 Å². The van der Waals surface area contributed by atoms with Gasteiger partial charge in [-0.05, 0) is 23.8 Å². The number of rotatable bonds is 8. The number of aromatic nitrogens is 2. The van der Waals surface area contributed by atoms with E-state index in [0.29, 0.717) is 28.2 Å². The first-order valence-electron chi connectivity index (χ1n) is 9.54. The van der Waals surface area contributed by atoms with E-state index >= 15 is 0 Å². The normalized spacial score (nSPS) is 12.9. The minimum absolute atomic E-state index is 0.0119. The zero-order valence-corrected chi connectivity index (χ0v) is 17.3. The summed E-state index contributed by atoms with van der Waals surface area (Å²) in [5.74, 6) is -0.103. The van der Waals surface area contributed by atoms with Crippen molar-refractivity contribution in [1.82, 2.24) is 14.9 Å². The number of benzene rings is 1. The summed E-state index contributed by atoms with van der Waals surface area (Å²) in [5, 5.41) is 2.89. The molecule has 0 fully saturated rings. The lowest BCUT2D eigenvalue weighted by Gasteiger charge is -2.17. The van der Waals surface area contributed by atoms with E-state index in [0.717, 1.165) is 0 Å². The third-order valence-corrected chi connectivity index (χ3v) is 5.04. The molecule has 2 amide bonds. The first-order chi connectivity index (χ1) is 15.4. The minimum atomic E-state index is -2.61. The smallest absolute Gasteiger partial charge is 0.272 e. The molecule has 4 rings (SSSR count). The molecule has 0 saturated heterocycles. The van der Waals surface area contributed by atoms with Gasteiger partial charge in [0.2, 0.25) is 5.91 Å². The zero-order valence-electron chi connectivity index (χ0n) is 16.6. The van der Waals surface area contributed by atoms with Crippen LogP contribution >= 0.6 is 11.6 Å². The largest absolute Gasteiger partial charge is 0.486 e. The first kappa shape index (κ1) is 21.7. The van der Waals surface area contributed by atoms with E-state index in [9.17, 15) is 18.4 Å². The Morgan fingerprint density at radius 3 is 2.88 bits per heavy atom. The summed E-state index contributed by atoms with van der Waals surface area (Å²) in [6.45, 7) is -0.283. The molecule has 0 saturated carbocycles. The molecule has 1 aliphatic rings. The Hall–Kier alpha value is -3.53. The summed E-state index contributed by atoms with van der Waals surface area (Å²) in [4.78, 5) is 34.8. The number of pyridine rings is 1. The topological polar surface area (TPSA) is 97.6 Å². The van der Waals surface area contributed by atoms with Crippen LogP contribution in [0.2, 0.25) is 5.02 Å². The number of alkyl halides is 2. The molecule has 1 N–H and O–H groups in total. The van der Waals surface area contributed by atoms with Crippen LogP contribution in [0, 0.1) is 0 Å². The molecular weight excluding hydrogens is 446 g/mol. The third-order valence-electron chi connectivity index (χ3n) is 4.74. The number of carbonyl (C=O) groups is 2. The van der Waals surface area contributed by atoms with E-state index < -0.39 is 13.0 Å². The average molecular weight is 463 g/mol. The highest BCUT2D eigenvalue weighted by molar-refractivity contribution is 6.32. The van der Waals surface area contributed by atoms with Crippen LogP contribution in [0.5, 0.6) is 5.75 Å². The number of ether oxygens (including phenoxy) is 1. The van der Waals surface area contributed by atoms with Gasteiger partial charge in [-0.15, -0.1) is 0 Å². The van der Waals surface area contributed by atoms with Gasteiger partial charge in [-0.1, -0.05) is 17.7 Å². The number of halogens is 3. The van der Waals surface area contributed by atoms with Crippen LogP contribution in [0.25, 0.3) is 0 Å². The summed E-state index contributed by atoms with van der Waals surface area (Å²) < 4.78 is 34.5. The fourth-order valence-corrected chi connectivity index (χ4v) is 3.58. The molecule has 0 bridgehead atoms. The van der Waals surface area contributed by atoms with Crippen LogP contribution in [0.4, 0.5) is 14.6 Å². The van der Waals surface area contributed by atoms with Crippen molar-refractivity contribution in [3.63, 3.8) is 0 Å². The molecule has 32 heavy (non-hydrogen) atoms. The molecule has 2 aromatic heterocycles. The van der Waals surface area contributed by atoms with Crippen LogP contribution in [0.15, 0.2) is 47.5 Å². The second-order valence-electron chi connectivity index (χ2n) is 7.02. The van der Waals surface area contributed by atoms with E-state index in [1.54, 1.807) is 23.1 Å². The second-order valence-corrected chi connectivity index (χ2v) is 7.43. The molecule has 3 heterocycles. The van der Waals surface area contributed by atoms with Gasteiger partial charge in [-0.3, -0.25) is 9.59 Å². The van der Waals surface area contributed by atoms with Gasteiger partial charge in [0.25, 0.3) is 12.3 Å². The fourth-order valence-electron chi connectivity index (χ4n) is 3.32. The van der Waals surface area contributed by atoms with Gasteiger partial charge < -0.3 is 19.4 Å². The van der Waals surface area contributed by atoms with Crippen molar-refractivity contribution < 1.29 is 27.5 Å². The third kappa shape index (κ3) is 4.86. The minimum Gasteiger partial charge on any atom is -0.486 e. The number of anilines is 1. The number of fused-ring (bicyclic) bond motifs is 1. The lowest BCUT2D eigenvalue weighted by Crippen LogP contribution is -2.23. The predicted octanol–water partition coefficient (Wildman–Crippen LogP) is 3.70. The highest BCUT2D eigenvalue weighted by Crippen LogP contribution is 2.31. The lowest BCUT2D eigenvalue weighted by molar-refractivity contribution is -0.115. The maximum absolute atomic E-state index is 12.8. The van der Waals surface area contributed by atoms with Crippen LogP contribution in [0.3, 0.4) is 0 Å². The van der Waals surface area contributed by atoms with Crippen molar-refractivity contribution in [3.05, 3.63) is 70.5 Å². The Balaban J connectivity index is 1.44. The Kier molecular flexibility index (Phi) is 6.31. The van der Waals surface area contributed by atoms with Crippen molar-refractivity contribution in [2.45, 2.75) is 25.9 Å². The SMILES string of the molecule is O=C(Cc1cocn1)Nc1nccc2c1CN(Cc1ccc(OCC(F)F)c(Cl)c1)C2=O. The Bertz CT molecular complexity index is 1140. The summed E-state index contributed by atoms with van der Waals surface area (Å²) >= 11 is 6.12. The number of hydrogen-bond donors (Lipinski definition) is 1. The maximum atomic E-state index is 12.8. The molecule has 0 radical (unpaired) electrons. The van der Waals surface area contributed by atoms with Crippen molar-refractivity contribution >= 4 is 29.2 Å². The molecule has 8 nitrogen and oxygen atoms in total. The molecule has 166 valence electrons. The standard InChI is InChI=1S/C21H17ClF2N4O4/c22-16-5-12(1-2-17(16)32-10-18(23)24)7-28-8-15-14(21(28)30)3-4-25-20(15)27-19(29)6-13-9-31-11-26-13/h1-5,9,11,18H,6-8,10H2,(H,25,27,29). The predicted molar refractivity (Wildman–Crippen MR) is 110 cm³/mol. The van der Waals surface area contributed by atoms with Gasteiger partial charge in [-0.25, -0.2) is 18.7 Å². The van der Waals surface area contributed by atoms with Gasteiger partial charge in [-0.2, -0.15) is 0 Å². The average Bonchev–Trinajstić information content (AvgIpc) is 3.36. The summed E-state index contributed by atoms with van der Waals surface area (Å²) in [6, 6.07) is 6.31. The van der Waals surface area contributed by atoms with E-state index in [2.05, 4.69) is 15.3 Å². The quantitative estimate of drug-likeness (QED) is 0.548. The van der Waals surface area contributed by atoms with Crippen molar-refractivity contribution in [2.75, 3.05) is 11.9 Å². The van der Waals surface area contributed by atoms with Crippen molar-refractivity contribution in [1.29, 1.82) is 0 Å². The number of hydrogen-bond acceptors (Lipinski definition) is 6. The number of oxazole rings is 1. The van der Waals surface area contributed by atoms with Crippen molar-refractivity contribution in [2.24, 2.45) is 0 Å². The van der Waals surface area contributed by atoms with Gasteiger partial charge in [0, 0.05) is 23.9 Å². The summed E-state index contributed by atoms with van der Waals surface area (Å²) in [7, 11) is 0.